The summed E-state index contributed by atoms with van der Waals surface area (Å²) < 4.78 is 1.14. The largest absolute Gasteiger partial charge is 0.368 e. The van der Waals surface area contributed by atoms with Gasteiger partial charge in [0.2, 0.25) is 5.65 Å². The number of fused-ring (bicyclic) bond motifs is 1. The van der Waals surface area contributed by atoms with E-state index in [1.54, 1.807) is 24.3 Å². The van der Waals surface area contributed by atoms with Crippen LogP contribution in [0.15, 0.2) is 42.6 Å². The molecule has 10 heteroatoms. The van der Waals surface area contributed by atoms with Gasteiger partial charge in [-0.05, 0) is 23.0 Å². The maximum absolute atomic E-state index is 11.0. The average Bonchev–Trinajstić information content (AvgIpc) is 3.03. The lowest BCUT2D eigenvalue weighted by Gasteiger charge is -2.17. The van der Waals surface area contributed by atoms with E-state index >= 15 is 0 Å². The van der Waals surface area contributed by atoms with Crippen LogP contribution in [0.2, 0.25) is 0 Å². The first-order valence-corrected chi connectivity index (χ1v) is 7.49. The van der Waals surface area contributed by atoms with Gasteiger partial charge < -0.3 is 15.4 Å². The third-order valence-corrected chi connectivity index (χ3v) is 3.75. The number of nitrogens with zero attached hydrogens (tertiary/aromatic N) is 5. The summed E-state index contributed by atoms with van der Waals surface area (Å²) in [6, 6.07) is 9.37. The summed E-state index contributed by atoms with van der Waals surface area (Å²) in [5.41, 5.74) is 1.10. The molecule has 1 unspecified atom stereocenters. The number of nitro benzene ring substituents is 1. The maximum Gasteiger partial charge on any atom is 0.368 e. The minimum Gasteiger partial charge on any atom is -0.360 e. The monoisotopic (exact) mass is 342 g/mol. The molecule has 10 nitrogen and oxygen atoms in total. The van der Waals surface area contributed by atoms with Crippen molar-refractivity contribution in [2.75, 3.05) is 5.32 Å². The molecule has 3 rings (SSSR count). The highest BCUT2D eigenvalue weighted by Gasteiger charge is 2.18. The number of aromatic nitrogens is 3. The van der Waals surface area contributed by atoms with Crippen molar-refractivity contribution in [3.8, 4) is 0 Å². The lowest BCUT2D eigenvalue weighted by molar-refractivity contribution is -0.391. The molecule has 0 aliphatic heterocycles. The Morgan fingerprint density at radius 2 is 2.00 bits per heavy atom. The molecule has 1 aromatic carbocycles. The fraction of sp³-hybridized carbons (Fsp3) is 0.200. The topological polar surface area (TPSA) is 128 Å². The lowest BCUT2D eigenvalue weighted by atomic mass is 10.0. The summed E-state index contributed by atoms with van der Waals surface area (Å²) in [5.74, 6) is 0.175. The van der Waals surface area contributed by atoms with Crippen molar-refractivity contribution in [1.29, 1.82) is 0 Å². The molecule has 0 aliphatic rings. The van der Waals surface area contributed by atoms with E-state index in [1.807, 2.05) is 6.92 Å². The molecule has 0 fully saturated rings. The molecule has 0 aliphatic carbocycles. The minimum atomic E-state index is -0.561. The van der Waals surface area contributed by atoms with Gasteiger partial charge in [-0.2, -0.15) is 0 Å². The summed E-state index contributed by atoms with van der Waals surface area (Å²) in [4.78, 5) is 24.9. The molecule has 1 N–H and O–H groups in total. The van der Waals surface area contributed by atoms with E-state index in [2.05, 4.69) is 15.4 Å². The van der Waals surface area contributed by atoms with Crippen LogP contribution in [-0.4, -0.2) is 24.4 Å². The van der Waals surface area contributed by atoms with Crippen LogP contribution in [0.1, 0.15) is 24.9 Å². The van der Waals surface area contributed by atoms with Crippen LogP contribution in [0.5, 0.6) is 0 Å². The minimum absolute atomic E-state index is 0.00593. The number of imidazole rings is 1. The number of anilines is 1. The molecule has 0 saturated carbocycles. The number of benzene rings is 1. The van der Waals surface area contributed by atoms with Gasteiger partial charge >= 0.3 is 5.82 Å². The number of nitro groups is 2. The van der Waals surface area contributed by atoms with E-state index in [9.17, 15) is 20.2 Å². The summed E-state index contributed by atoms with van der Waals surface area (Å²) in [5, 5.41) is 29.3. The number of rotatable bonds is 6. The first-order chi connectivity index (χ1) is 12.0. The highest BCUT2D eigenvalue weighted by Crippen LogP contribution is 2.25. The van der Waals surface area contributed by atoms with E-state index in [4.69, 9.17) is 0 Å². The molecule has 128 valence electrons. The van der Waals surface area contributed by atoms with Gasteiger partial charge in [0, 0.05) is 18.2 Å². The van der Waals surface area contributed by atoms with Gasteiger partial charge in [-0.1, -0.05) is 28.7 Å². The van der Waals surface area contributed by atoms with E-state index in [1.165, 1.54) is 12.1 Å². The van der Waals surface area contributed by atoms with Crippen LogP contribution >= 0.6 is 0 Å². The Bertz CT molecular complexity index is 954. The van der Waals surface area contributed by atoms with Crippen LogP contribution < -0.4 is 5.32 Å². The zero-order chi connectivity index (χ0) is 18.0. The molecule has 2 aromatic heterocycles. The predicted octanol–water partition coefficient (Wildman–Crippen LogP) is 3.11. The second kappa shape index (κ2) is 6.51. The number of hydrogen-bond acceptors (Lipinski definition) is 7. The number of nitrogens with one attached hydrogen (secondary N) is 1. The maximum atomic E-state index is 11.0. The first-order valence-electron chi connectivity index (χ1n) is 7.49. The average molecular weight is 342 g/mol. The van der Waals surface area contributed by atoms with Crippen molar-refractivity contribution in [2.24, 2.45) is 0 Å². The van der Waals surface area contributed by atoms with E-state index in [0.717, 1.165) is 16.3 Å². The Hall–Kier alpha value is -3.56. The van der Waals surface area contributed by atoms with Crippen LogP contribution in [0.25, 0.3) is 5.65 Å². The third-order valence-electron chi connectivity index (χ3n) is 3.75. The van der Waals surface area contributed by atoms with E-state index < -0.39 is 9.85 Å². The van der Waals surface area contributed by atoms with Crippen LogP contribution in [-0.2, 0) is 0 Å². The molecule has 0 bridgehead atoms. The van der Waals surface area contributed by atoms with Crippen LogP contribution in [0, 0.1) is 20.2 Å². The fourth-order valence-electron chi connectivity index (χ4n) is 2.52. The van der Waals surface area contributed by atoms with Gasteiger partial charge in [-0.25, -0.2) is 4.98 Å². The van der Waals surface area contributed by atoms with Gasteiger partial charge in [-0.3, -0.25) is 10.1 Å². The fourth-order valence-corrected chi connectivity index (χ4v) is 2.52. The van der Waals surface area contributed by atoms with E-state index in [-0.39, 0.29) is 17.5 Å². The molecule has 0 spiro atoms. The Kier molecular flexibility index (Phi) is 4.25. The normalized spacial score (nSPS) is 12.0. The molecule has 0 saturated heterocycles. The molecule has 0 radical (unpaired) electrons. The number of non-ortho nitro benzene ring substituents is 1. The van der Waals surface area contributed by atoms with Crippen molar-refractivity contribution in [3.05, 3.63) is 68.4 Å². The zero-order valence-electron chi connectivity index (χ0n) is 13.2. The van der Waals surface area contributed by atoms with Crippen molar-refractivity contribution in [2.45, 2.75) is 19.4 Å². The first kappa shape index (κ1) is 16.3. The summed E-state index contributed by atoms with van der Waals surface area (Å²) in [6.45, 7) is 1.93. The van der Waals surface area contributed by atoms with Crippen molar-refractivity contribution < 1.29 is 9.85 Å². The molecule has 25 heavy (non-hydrogen) atoms. The zero-order valence-corrected chi connectivity index (χ0v) is 13.2. The quantitative estimate of drug-likeness (QED) is 0.538. The van der Waals surface area contributed by atoms with Crippen molar-refractivity contribution in [3.63, 3.8) is 0 Å². The smallest absolute Gasteiger partial charge is 0.360 e. The number of hydrogen-bond donors (Lipinski definition) is 1. The Morgan fingerprint density at radius 3 is 2.68 bits per heavy atom. The summed E-state index contributed by atoms with van der Waals surface area (Å²) in [6.07, 6.45) is 1.79. The molecule has 1 atom stereocenters. The van der Waals surface area contributed by atoms with Crippen molar-refractivity contribution in [1.82, 2.24) is 14.6 Å². The van der Waals surface area contributed by atoms with E-state index in [0.29, 0.717) is 17.9 Å². The molecular formula is C15H14N6O4. The highest BCUT2D eigenvalue weighted by molar-refractivity contribution is 5.49. The SMILES string of the molecule is CCC(Nc1ccc2ncc([N+](=O)[O-])n2n1)c1cccc([N+](=O)[O-])c1. The summed E-state index contributed by atoms with van der Waals surface area (Å²) in [7, 11) is 0. The summed E-state index contributed by atoms with van der Waals surface area (Å²) >= 11 is 0. The molecule has 0 amide bonds. The van der Waals surface area contributed by atoms with Crippen molar-refractivity contribution >= 4 is 23.0 Å². The Morgan fingerprint density at radius 1 is 1.20 bits per heavy atom. The predicted molar refractivity (Wildman–Crippen MR) is 89.4 cm³/mol. The lowest BCUT2D eigenvalue weighted by Crippen LogP contribution is -2.12. The Labute approximate surface area is 141 Å². The molecule has 2 heterocycles. The molecule has 3 aromatic rings. The van der Waals surface area contributed by atoms with Gasteiger partial charge in [-0.15, -0.1) is 0 Å². The van der Waals surface area contributed by atoms with Crippen LogP contribution in [0.3, 0.4) is 0 Å². The standard InChI is InChI=1S/C15H14N6O4/c1-2-12(10-4-3-5-11(8-10)20(22)23)17-13-6-7-14-16-9-15(21(24)25)19(14)18-13/h3-9,12H,2H2,1H3,(H,17,18). The second-order valence-electron chi connectivity index (χ2n) is 5.32. The van der Waals surface area contributed by atoms with Gasteiger partial charge in [0.15, 0.2) is 5.82 Å². The highest BCUT2D eigenvalue weighted by atomic mass is 16.6. The van der Waals surface area contributed by atoms with Gasteiger partial charge in [0.05, 0.1) is 11.0 Å². The van der Waals surface area contributed by atoms with Crippen LogP contribution in [0.4, 0.5) is 17.3 Å². The Balaban J connectivity index is 1.92. The van der Waals surface area contributed by atoms with Gasteiger partial charge in [0.25, 0.3) is 5.69 Å². The van der Waals surface area contributed by atoms with Gasteiger partial charge in [0.1, 0.15) is 6.20 Å². The second-order valence-corrected chi connectivity index (χ2v) is 5.32. The molecular weight excluding hydrogens is 328 g/mol. The third kappa shape index (κ3) is 3.22.